The van der Waals surface area contributed by atoms with Crippen LogP contribution in [0, 0.1) is 0 Å². The highest BCUT2D eigenvalue weighted by atomic mass is 16.6. The molecule has 1 aliphatic rings. The maximum atomic E-state index is 13.3. The van der Waals surface area contributed by atoms with Crippen molar-refractivity contribution in [2.45, 2.75) is 77.5 Å². The van der Waals surface area contributed by atoms with Crippen LogP contribution in [-0.2, 0) is 16.1 Å². The number of benzene rings is 3. The molecule has 268 valence electrons. The summed E-state index contributed by atoms with van der Waals surface area (Å²) in [5.74, 6) is -0.113. The number of carbonyl (C=O) groups is 2. The smallest absolute Gasteiger partial charge is 0.251 e. The summed E-state index contributed by atoms with van der Waals surface area (Å²) in [4.78, 5) is 41.0. The minimum absolute atomic E-state index is 0.0661. The number of carbonyl (C=O) groups excluding carboxylic acids is 2. The first-order chi connectivity index (χ1) is 24.8. The standard InChI is InChI=1S/C38H46N8O5/c1-4-6-17-45(18-7-5-2)30-16-15-26(19-29(30)44-24(3)47)37(50)40-21-31-33(48)34(49)38(51-31)46-23-43-32-35(41-22-42-36(32)46)39-20-27-13-10-12-25-11-8-9-14-28(25)27/h8-16,19,22-23,31,33-34,38,48-49H,4-7,17-18,20-21H2,1-3H3,(H,40,50)(H,44,47)(H,39,41,42)/t31-,33-,34-,38-/m1/s1. The summed E-state index contributed by atoms with van der Waals surface area (Å²) in [6, 6.07) is 19.6. The second-order valence-electron chi connectivity index (χ2n) is 12.9. The molecule has 3 aromatic carbocycles. The molecule has 51 heavy (non-hydrogen) atoms. The normalized spacial score (nSPS) is 18.6. The fourth-order valence-corrected chi connectivity index (χ4v) is 6.51. The van der Waals surface area contributed by atoms with E-state index >= 15 is 0 Å². The number of rotatable bonds is 15. The van der Waals surface area contributed by atoms with Crippen molar-refractivity contribution in [1.82, 2.24) is 24.8 Å². The average Bonchev–Trinajstić information content (AvgIpc) is 3.69. The third-order valence-electron chi connectivity index (χ3n) is 9.23. The van der Waals surface area contributed by atoms with Gasteiger partial charge in [0.25, 0.3) is 5.91 Å². The molecule has 2 aromatic heterocycles. The summed E-state index contributed by atoms with van der Waals surface area (Å²) in [7, 11) is 0. The molecule has 0 bridgehead atoms. The average molecular weight is 695 g/mol. The minimum Gasteiger partial charge on any atom is -0.387 e. The molecule has 0 unspecified atom stereocenters. The number of unbranched alkanes of at least 4 members (excludes halogenated alkanes) is 2. The lowest BCUT2D eigenvalue weighted by Crippen LogP contribution is -2.39. The van der Waals surface area contributed by atoms with Crippen molar-refractivity contribution in [3.8, 4) is 0 Å². The molecule has 6 rings (SSSR count). The van der Waals surface area contributed by atoms with E-state index in [1.807, 2.05) is 24.3 Å². The van der Waals surface area contributed by atoms with Crippen molar-refractivity contribution in [2.24, 2.45) is 0 Å². The van der Waals surface area contributed by atoms with Gasteiger partial charge in [-0.3, -0.25) is 14.2 Å². The van der Waals surface area contributed by atoms with Gasteiger partial charge in [-0.1, -0.05) is 69.2 Å². The first-order valence-electron chi connectivity index (χ1n) is 17.6. The van der Waals surface area contributed by atoms with Gasteiger partial charge in [0.1, 0.15) is 24.6 Å². The number of nitrogens with zero attached hydrogens (tertiary/aromatic N) is 5. The van der Waals surface area contributed by atoms with E-state index in [-0.39, 0.29) is 12.5 Å². The van der Waals surface area contributed by atoms with Crippen LogP contribution >= 0.6 is 0 Å². The monoisotopic (exact) mass is 694 g/mol. The molecule has 13 nitrogen and oxygen atoms in total. The highest BCUT2D eigenvalue weighted by molar-refractivity contribution is 5.99. The van der Waals surface area contributed by atoms with Crippen LogP contribution in [-0.4, -0.2) is 79.5 Å². The molecular weight excluding hydrogens is 648 g/mol. The highest BCUT2D eigenvalue weighted by Crippen LogP contribution is 2.33. The molecule has 4 atom stereocenters. The molecule has 1 aliphatic heterocycles. The van der Waals surface area contributed by atoms with E-state index in [1.165, 1.54) is 19.6 Å². The zero-order valence-electron chi connectivity index (χ0n) is 29.2. The van der Waals surface area contributed by atoms with Crippen molar-refractivity contribution in [1.29, 1.82) is 0 Å². The number of aliphatic hydroxyl groups excluding tert-OH is 2. The van der Waals surface area contributed by atoms with Crippen molar-refractivity contribution in [3.63, 3.8) is 0 Å². The molecule has 13 heteroatoms. The molecule has 2 amide bonds. The summed E-state index contributed by atoms with van der Waals surface area (Å²) in [6.07, 6.45) is 2.49. The van der Waals surface area contributed by atoms with Gasteiger partial charge in [0, 0.05) is 38.7 Å². The van der Waals surface area contributed by atoms with Gasteiger partial charge in [-0.25, -0.2) is 15.0 Å². The van der Waals surface area contributed by atoms with Gasteiger partial charge in [-0.05, 0) is 47.4 Å². The second-order valence-corrected chi connectivity index (χ2v) is 12.9. The van der Waals surface area contributed by atoms with Gasteiger partial charge in [-0.15, -0.1) is 0 Å². The minimum atomic E-state index is -1.31. The van der Waals surface area contributed by atoms with Crippen LogP contribution in [0.5, 0.6) is 0 Å². The number of anilines is 3. The van der Waals surface area contributed by atoms with Crippen molar-refractivity contribution in [2.75, 3.05) is 35.2 Å². The zero-order valence-corrected chi connectivity index (χ0v) is 29.2. The van der Waals surface area contributed by atoms with E-state index in [2.05, 4.69) is 73.9 Å². The van der Waals surface area contributed by atoms with E-state index in [9.17, 15) is 19.8 Å². The van der Waals surface area contributed by atoms with Gasteiger partial charge < -0.3 is 35.8 Å². The van der Waals surface area contributed by atoms with E-state index < -0.39 is 30.4 Å². The molecule has 0 aliphatic carbocycles. The number of hydrogen-bond acceptors (Lipinski definition) is 10. The lowest BCUT2D eigenvalue weighted by atomic mass is 10.0. The van der Waals surface area contributed by atoms with E-state index in [4.69, 9.17) is 4.74 Å². The Labute approximate surface area is 297 Å². The van der Waals surface area contributed by atoms with E-state index in [1.54, 1.807) is 16.7 Å². The van der Waals surface area contributed by atoms with Crippen LogP contribution in [0.25, 0.3) is 21.9 Å². The molecule has 5 N–H and O–H groups in total. The van der Waals surface area contributed by atoms with Crippen molar-refractivity contribution < 1.29 is 24.5 Å². The maximum Gasteiger partial charge on any atom is 0.251 e. The molecule has 0 saturated carbocycles. The molecule has 1 fully saturated rings. The second kappa shape index (κ2) is 16.3. The Morgan fingerprint density at radius 3 is 2.47 bits per heavy atom. The summed E-state index contributed by atoms with van der Waals surface area (Å²) in [5, 5.41) is 33.4. The third kappa shape index (κ3) is 7.95. The van der Waals surface area contributed by atoms with Gasteiger partial charge in [-0.2, -0.15) is 0 Å². The van der Waals surface area contributed by atoms with Gasteiger partial charge in [0.2, 0.25) is 5.91 Å². The van der Waals surface area contributed by atoms with Crippen LogP contribution in [0.1, 0.15) is 68.6 Å². The SMILES string of the molecule is CCCCN(CCCC)c1ccc(C(=O)NC[C@H]2O[C@@H](n3cnc4c(NCc5cccc6ccccc56)ncnc43)[C@H](O)[C@@H]2O)cc1NC(C)=O. The largest absolute Gasteiger partial charge is 0.387 e. The quantitative estimate of drug-likeness (QED) is 0.101. The summed E-state index contributed by atoms with van der Waals surface area (Å²) in [6.45, 7) is 7.85. The maximum absolute atomic E-state index is 13.3. The van der Waals surface area contributed by atoms with Crippen molar-refractivity contribution in [3.05, 3.63) is 84.4 Å². The molecule has 3 heterocycles. The number of aliphatic hydroxyl groups is 2. The number of amides is 2. The lowest BCUT2D eigenvalue weighted by molar-refractivity contribution is -0.114. The van der Waals surface area contributed by atoms with E-state index in [0.717, 1.165) is 60.8 Å². The zero-order chi connectivity index (χ0) is 35.9. The Morgan fingerprint density at radius 1 is 0.941 bits per heavy atom. The Balaban J connectivity index is 1.13. The number of aromatic nitrogens is 4. The Bertz CT molecular complexity index is 1970. The molecule has 0 radical (unpaired) electrons. The number of hydrogen-bond donors (Lipinski definition) is 5. The van der Waals surface area contributed by atoms with Gasteiger partial charge >= 0.3 is 0 Å². The Morgan fingerprint density at radius 2 is 1.71 bits per heavy atom. The highest BCUT2D eigenvalue weighted by Gasteiger charge is 2.44. The fourth-order valence-electron chi connectivity index (χ4n) is 6.51. The van der Waals surface area contributed by atoms with Gasteiger partial charge in [0.05, 0.1) is 17.7 Å². The topological polar surface area (TPSA) is 167 Å². The fraction of sp³-hybridized carbons (Fsp3) is 0.395. The van der Waals surface area contributed by atoms with Crippen LogP contribution in [0.2, 0.25) is 0 Å². The van der Waals surface area contributed by atoms with Crippen LogP contribution in [0.15, 0.2) is 73.3 Å². The summed E-state index contributed by atoms with van der Waals surface area (Å²) < 4.78 is 7.67. The first-order valence-corrected chi connectivity index (χ1v) is 17.6. The van der Waals surface area contributed by atoms with E-state index in [0.29, 0.717) is 34.8 Å². The van der Waals surface area contributed by atoms with Crippen molar-refractivity contribution >= 4 is 50.9 Å². The number of nitrogens with one attached hydrogen (secondary N) is 3. The Kier molecular flexibility index (Phi) is 11.4. The molecule has 5 aromatic rings. The number of fused-ring (bicyclic) bond motifs is 2. The summed E-state index contributed by atoms with van der Waals surface area (Å²) in [5.41, 5.74) is 3.79. The third-order valence-corrected chi connectivity index (χ3v) is 9.23. The van der Waals surface area contributed by atoms with Crippen LogP contribution in [0.3, 0.4) is 0 Å². The predicted molar refractivity (Wildman–Crippen MR) is 198 cm³/mol. The molecule has 0 spiro atoms. The predicted octanol–water partition coefficient (Wildman–Crippen LogP) is 5.01. The number of imidazole rings is 1. The molecular formula is C38H46N8O5. The van der Waals surface area contributed by atoms with Gasteiger partial charge in [0.15, 0.2) is 23.2 Å². The molecule has 1 saturated heterocycles. The Hall–Kier alpha value is -5.11. The number of ether oxygens (including phenoxy) is 1. The summed E-state index contributed by atoms with van der Waals surface area (Å²) >= 11 is 0. The van der Waals surface area contributed by atoms with Crippen LogP contribution in [0.4, 0.5) is 17.2 Å². The van der Waals surface area contributed by atoms with Crippen LogP contribution < -0.4 is 20.9 Å². The lowest BCUT2D eigenvalue weighted by Gasteiger charge is -2.27. The first kappa shape index (κ1) is 35.7.